The lowest BCUT2D eigenvalue weighted by Crippen LogP contribution is -2.48. The van der Waals surface area contributed by atoms with E-state index in [1.165, 1.54) is 5.56 Å². The molecule has 0 spiro atoms. The van der Waals surface area contributed by atoms with Crippen molar-refractivity contribution >= 4 is 25.8 Å². The number of ether oxygens (including phenoxy) is 1. The first-order chi connectivity index (χ1) is 20.1. The predicted octanol–water partition coefficient (Wildman–Crippen LogP) is 5.18. The number of carbonyl (C=O) groups excluding carboxylic acids is 2. The number of anilines is 1. The van der Waals surface area contributed by atoms with Gasteiger partial charge in [0.15, 0.2) is 8.32 Å². The van der Waals surface area contributed by atoms with Crippen LogP contribution < -0.4 is 5.32 Å². The van der Waals surface area contributed by atoms with Crippen LogP contribution in [0.2, 0.25) is 18.6 Å². The fraction of sp³-hybridized carbons (Fsp3) is 0.412. The quantitative estimate of drug-likeness (QED) is 0.300. The predicted molar refractivity (Wildman–Crippen MR) is 167 cm³/mol. The van der Waals surface area contributed by atoms with Gasteiger partial charge >= 0.3 is 0 Å². The molecule has 2 heterocycles. The minimum atomic E-state index is -2.65. The van der Waals surface area contributed by atoms with Crippen LogP contribution in [0.1, 0.15) is 46.8 Å². The maximum Gasteiger partial charge on any atom is 0.255 e. The first kappa shape index (κ1) is 30.2. The Balaban J connectivity index is 1.24. The number of aryl methyl sites for hydroxylation is 1. The normalized spacial score (nSPS) is 23.8. The van der Waals surface area contributed by atoms with E-state index in [-0.39, 0.29) is 54.6 Å². The first-order valence-corrected chi connectivity index (χ1v) is 18.0. The highest BCUT2D eigenvalue weighted by Crippen LogP contribution is 2.46. The molecule has 1 fully saturated rings. The molecule has 8 heteroatoms. The summed E-state index contributed by atoms with van der Waals surface area (Å²) >= 11 is 0. The summed E-state index contributed by atoms with van der Waals surface area (Å²) in [4.78, 5) is 39.3. The molecule has 5 atom stereocenters. The number of carbonyl (C=O) groups is 2. The third-order valence-electron chi connectivity index (χ3n) is 8.92. The summed E-state index contributed by atoms with van der Waals surface area (Å²) < 4.78 is 6.58. The molecule has 7 nitrogen and oxygen atoms in total. The number of aliphatic hydroxyl groups excluding tert-OH is 1. The summed E-state index contributed by atoms with van der Waals surface area (Å²) in [5.41, 5.74) is 4.66. The minimum Gasteiger partial charge on any atom is -0.432 e. The largest absolute Gasteiger partial charge is 0.432 e. The molecule has 2 aliphatic rings. The fourth-order valence-electron chi connectivity index (χ4n) is 6.85. The first-order valence-electron chi connectivity index (χ1n) is 14.9. The van der Waals surface area contributed by atoms with Gasteiger partial charge < -0.3 is 24.9 Å². The lowest BCUT2D eigenvalue weighted by molar-refractivity contribution is -0.138. The van der Waals surface area contributed by atoms with Crippen LogP contribution >= 0.6 is 0 Å². The van der Waals surface area contributed by atoms with Gasteiger partial charge in [-0.25, -0.2) is 0 Å². The second-order valence-corrected chi connectivity index (χ2v) is 16.3. The number of rotatable bonds is 9. The number of hydrogen-bond acceptors (Lipinski definition) is 5. The van der Waals surface area contributed by atoms with E-state index in [2.05, 4.69) is 18.3 Å². The lowest BCUT2D eigenvalue weighted by atomic mass is 9.93. The SMILES string of the molecule is C[C@@H]1[C@@H]([Si](C)(C)O)[C@H](CC(=O)N2Cc3ccccc3C[C@H]2CO)O[C@@H]1CCc1cccc(NC(=O)c2ccccc2)c1. The Morgan fingerprint density at radius 1 is 0.976 bits per heavy atom. The highest BCUT2D eigenvalue weighted by molar-refractivity contribution is 6.71. The number of fused-ring (bicyclic) bond motifs is 1. The average Bonchev–Trinajstić information content (AvgIpc) is 3.30. The molecular formula is C34H42N2O5Si. The summed E-state index contributed by atoms with van der Waals surface area (Å²) in [6, 6.07) is 24.8. The minimum absolute atomic E-state index is 0.0356. The van der Waals surface area contributed by atoms with E-state index in [9.17, 15) is 19.5 Å². The Labute approximate surface area is 249 Å². The van der Waals surface area contributed by atoms with Crippen LogP contribution in [0, 0.1) is 5.92 Å². The number of benzene rings is 3. The molecule has 1 saturated heterocycles. The van der Waals surface area contributed by atoms with E-state index >= 15 is 0 Å². The lowest BCUT2D eigenvalue weighted by Gasteiger charge is -2.37. The third-order valence-corrected chi connectivity index (χ3v) is 11.4. The van der Waals surface area contributed by atoms with Gasteiger partial charge in [-0.3, -0.25) is 9.59 Å². The molecule has 0 aromatic heterocycles. The Bertz CT molecular complexity index is 1390. The Morgan fingerprint density at radius 3 is 2.40 bits per heavy atom. The smallest absolute Gasteiger partial charge is 0.255 e. The number of nitrogens with zero attached hydrogens (tertiary/aromatic N) is 1. The molecule has 0 bridgehead atoms. The summed E-state index contributed by atoms with van der Waals surface area (Å²) in [5, 5.41) is 13.1. The Hall–Kier alpha value is -3.30. The van der Waals surface area contributed by atoms with Crippen molar-refractivity contribution < 1.29 is 24.2 Å². The van der Waals surface area contributed by atoms with Crippen LogP contribution in [0.4, 0.5) is 5.69 Å². The van der Waals surface area contributed by atoms with Crippen LogP contribution in [-0.2, 0) is 28.9 Å². The molecule has 0 unspecified atom stereocenters. The van der Waals surface area contributed by atoms with Crippen LogP contribution in [0.25, 0.3) is 0 Å². The van der Waals surface area contributed by atoms with Crippen LogP contribution in [-0.4, -0.2) is 59.8 Å². The summed E-state index contributed by atoms with van der Waals surface area (Å²) in [5.74, 6) is -0.0794. The molecule has 42 heavy (non-hydrogen) atoms. The molecule has 2 aliphatic heterocycles. The van der Waals surface area contributed by atoms with Crippen molar-refractivity contribution in [2.24, 2.45) is 5.92 Å². The van der Waals surface area contributed by atoms with Gasteiger partial charge in [0, 0.05) is 23.3 Å². The number of hydrogen-bond donors (Lipinski definition) is 3. The molecule has 222 valence electrons. The maximum absolute atomic E-state index is 13.7. The van der Waals surface area contributed by atoms with Crippen molar-refractivity contribution in [1.29, 1.82) is 0 Å². The van der Waals surface area contributed by atoms with Crippen LogP contribution in [0.15, 0.2) is 78.9 Å². The zero-order valence-corrected chi connectivity index (χ0v) is 25.7. The van der Waals surface area contributed by atoms with Crippen molar-refractivity contribution in [2.45, 2.75) is 76.0 Å². The van der Waals surface area contributed by atoms with Crippen molar-refractivity contribution in [3.05, 3.63) is 101 Å². The van der Waals surface area contributed by atoms with Crippen LogP contribution in [0.3, 0.4) is 0 Å². The number of amides is 2. The molecule has 0 radical (unpaired) electrons. The van der Waals surface area contributed by atoms with E-state index in [0.717, 1.165) is 29.7 Å². The summed E-state index contributed by atoms with van der Waals surface area (Å²) in [7, 11) is -2.65. The van der Waals surface area contributed by atoms with E-state index in [1.807, 2.05) is 73.8 Å². The van der Waals surface area contributed by atoms with Gasteiger partial charge in [0.25, 0.3) is 5.91 Å². The topological polar surface area (TPSA) is 99.1 Å². The second kappa shape index (κ2) is 12.9. The summed E-state index contributed by atoms with van der Waals surface area (Å²) in [6.07, 6.45) is 1.88. The van der Waals surface area contributed by atoms with Gasteiger partial charge in [-0.1, -0.05) is 61.5 Å². The second-order valence-electron chi connectivity index (χ2n) is 12.3. The van der Waals surface area contributed by atoms with Gasteiger partial charge in [-0.15, -0.1) is 0 Å². The van der Waals surface area contributed by atoms with Crippen molar-refractivity contribution in [3.8, 4) is 0 Å². The molecule has 3 N–H and O–H groups in total. The van der Waals surface area contributed by atoms with Crippen molar-refractivity contribution in [1.82, 2.24) is 4.90 Å². The number of aliphatic hydroxyl groups is 1. The molecule has 2 amide bonds. The molecule has 5 rings (SSSR count). The average molecular weight is 587 g/mol. The molecule has 3 aromatic carbocycles. The van der Waals surface area contributed by atoms with E-state index < -0.39 is 8.32 Å². The maximum atomic E-state index is 13.7. The van der Waals surface area contributed by atoms with E-state index in [0.29, 0.717) is 18.5 Å². The molecule has 0 saturated carbocycles. The Kier molecular flexibility index (Phi) is 9.28. The number of nitrogens with one attached hydrogen (secondary N) is 1. The zero-order chi connectivity index (χ0) is 29.9. The van der Waals surface area contributed by atoms with Gasteiger partial charge in [-0.05, 0) is 79.2 Å². The van der Waals surface area contributed by atoms with Crippen LogP contribution in [0.5, 0.6) is 0 Å². The van der Waals surface area contributed by atoms with Gasteiger partial charge in [0.1, 0.15) is 0 Å². The summed E-state index contributed by atoms with van der Waals surface area (Å²) in [6.45, 7) is 6.40. The zero-order valence-electron chi connectivity index (χ0n) is 24.7. The highest BCUT2D eigenvalue weighted by atomic mass is 28.4. The van der Waals surface area contributed by atoms with E-state index in [4.69, 9.17) is 4.74 Å². The molecular weight excluding hydrogens is 544 g/mol. The van der Waals surface area contributed by atoms with Gasteiger partial charge in [0.2, 0.25) is 5.91 Å². The van der Waals surface area contributed by atoms with Gasteiger partial charge in [0.05, 0.1) is 31.3 Å². The van der Waals surface area contributed by atoms with Crippen molar-refractivity contribution in [2.75, 3.05) is 11.9 Å². The molecule has 3 aromatic rings. The van der Waals surface area contributed by atoms with Gasteiger partial charge in [-0.2, -0.15) is 0 Å². The fourth-order valence-corrected chi connectivity index (χ4v) is 9.45. The monoisotopic (exact) mass is 586 g/mol. The van der Waals surface area contributed by atoms with E-state index in [1.54, 1.807) is 17.0 Å². The highest BCUT2D eigenvalue weighted by Gasteiger charge is 2.50. The Morgan fingerprint density at radius 2 is 1.69 bits per heavy atom. The molecule has 0 aliphatic carbocycles. The standard InChI is InChI=1S/C34H42N2O5Si/c1-23-30(17-16-24-10-9-15-28(18-24)35-34(39)25-11-5-4-6-12-25)41-31(33(23)42(2,3)40)20-32(38)36-21-27-14-8-7-13-26(27)19-29(36)22-37/h4-15,18,23,29-31,33,37,40H,16-17,19-22H2,1-3H3,(H,35,39)/t23-,29-,30+,31-,33+/m0/s1. The van der Waals surface area contributed by atoms with Crippen molar-refractivity contribution in [3.63, 3.8) is 0 Å². The third kappa shape index (κ3) is 6.84.